The third-order valence-corrected chi connectivity index (χ3v) is 1.47. The van der Waals surface area contributed by atoms with E-state index in [-0.39, 0.29) is 12.4 Å². The van der Waals surface area contributed by atoms with E-state index in [1.54, 1.807) is 0 Å². The van der Waals surface area contributed by atoms with Crippen LogP contribution < -0.4 is 5.32 Å². The molecule has 0 fully saturated rings. The Morgan fingerprint density at radius 3 is 2.69 bits per heavy atom. The number of aliphatic carboxylic acids is 1. The zero-order valence-corrected chi connectivity index (χ0v) is 7.79. The Morgan fingerprint density at radius 2 is 2.31 bits per heavy atom. The topological polar surface area (TPSA) is 75.6 Å². The number of thiol groups is 1. The van der Waals surface area contributed by atoms with Crippen LogP contribution in [0.3, 0.4) is 0 Å². The molecular formula is C7H11NO4S. The summed E-state index contributed by atoms with van der Waals surface area (Å²) < 4.78 is 4.51. The molecule has 2 N–H and O–H groups in total. The lowest BCUT2D eigenvalue weighted by Crippen LogP contribution is -2.42. The number of carboxylic acids is 1. The van der Waals surface area contributed by atoms with Crippen molar-refractivity contribution >= 4 is 24.7 Å². The lowest BCUT2D eigenvalue weighted by Gasteiger charge is -2.10. The van der Waals surface area contributed by atoms with Crippen molar-refractivity contribution in [3.05, 3.63) is 12.7 Å². The van der Waals surface area contributed by atoms with Gasteiger partial charge in [-0.3, -0.25) is 0 Å². The number of alkyl carbamates (subject to hydrolysis) is 1. The zero-order chi connectivity index (χ0) is 10.3. The number of amides is 1. The van der Waals surface area contributed by atoms with E-state index < -0.39 is 18.1 Å². The van der Waals surface area contributed by atoms with Gasteiger partial charge in [0.1, 0.15) is 12.6 Å². The molecule has 0 aromatic carbocycles. The maximum Gasteiger partial charge on any atom is 0.408 e. The van der Waals surface area contributed by atoms with Gasteiger partial charge in [-0.05, 0) is 0 Å². The standard InChI is InChI=1S/C7H11NO4S/c1-2-3-12-7(11)8-5(4-13)6(9)10/h2,5,13H,1,3-4H2,(H,8,11)(H,9,10). The summed E-state index contributed by atoms with van der Waals surface area (Å²) in [7, 11) is 0. The van der Waals surface area contributed by atoms with Gasteiger partial charge in [-0.15, -0.1) is 0 Å². The van der Waals surface area contributed by atoms with Crippen LogP contribution >= 0.6 is 12.6 Å². The molecule has 0 aliphatic carbocycles. The van der Waals surface area contributed by atoms with Gasteiger partial charge in [0.15, 0.2) is 0 Å². The third kappa shape index (κ3) is 5.13. The van der Waals surface area contributed by atoms with Crippen LogP contribution in [-0.4, -0.2) is 35.6 Å². The van der Waals surface area contributed by atoms with Gasteiger partial charge in [-0.25, -0.2) is 9.59 Å². The Labute approximate surface area is 81.2 Å². The molecule has 0 aromatic rings. The maximum absolute atomic E-state index is 10.8. The highest BCUT2D eigenvalue weighted by Crippen LogP contribution is 1.89. The number of nitrogens with one attached hydrogen (secondary N) is 1. The summed E-state index contributed by atoms with van der Waals surface area (Å²) in [5.41, 5.74) is 0. The van der Waals surface area contributed by atoms with E-state index in [2.05, 4.69) is 29.3 Å². The smallest absolute Gasteiger partial charge is 0.408 e. The molecule has 6 heteroatoms. The molecule has 0 saturated carbocycles. The highest BCUT2D eigenvalue weighted by Gasteiger charge is 2.18. The van der Waals surface area contributed by atoms with Crippen molar-refractivity contribution in [2.45, 2.75) is 6.04 Å². The first-order valence-electron chi connectivity index (χ1n) is 3.49. The van der Waals surface area contributed by atoms with E-state index in [9.17, 15) is 9.59 Å². The van der Waals surface area contributed by atoms with Crippen molar-refractivity contribution in [2.75, 3.05) is 12.4 Å². The van der Waals surface area contributed by atoms with Crippen molar-refractivity contribution < 1.29 is 19.4 Å². The maximum atomic E-state index is 10.8. The number of carbonyl (C=O) groups excluding carboxylic acids is 1. The minimum Gasteiger partial charge on any atom is -0.480 e. The van der Waals surface area contributed by atoms with Crippen molar-refractivity contribution in [2.24, 2.45) is 0 Å². The summed E-state index contributed by atoms with van der Waals surface area (Å²) in [5, 5.41) is 10.6. The number of ether oxygens (including phenoxy) is 1. The van der Waals surface area contributed by atoms with Crippen LogP contribution in [0, 0.1) is 0 Å². The van der Waals surface area contributed by atoms with Crippen LogP contribution in [0.5, 0.6) is 0 Å². The molecule has 74 valence electrons. The molecule has 1 atom stereocenters. The lowest BCUT2D eigenvalue weighted by molar-refractivity contribution is -0.138. The van der Waals surface area contributed by atoms with Gasteiger partial charge in [-0.1, -0.05) is 12.7 Å². The first kappa shape index (κ1) is 11.8. The molecule has 0 heterocycles. The van der Waals surface area contributed by atoms with Crippen molar-refractivity contribution in [3.63, 3.8) is 0 Å². The van der Waals surface area contributed by atoms with E-state index in [4.69, 9.17) is 5.11 Å². The first-order chi connectivity index (χ1) is 6.11. The van der Waals surface area contributed by atoms with Crippen molar-refractivity contribution in [3.8, 4) is 0 Å². The van der Waals surface area contributed by atoms with Crippen LogP contribution in [0.1, 0.15) is 0 Å². The molecule has 13 heavy (non-hydrogen) atoms. The van der Waals surface area contributed by atoms with Gasteiger partial charge in [0, 0.05) is 5.75 Å². The molecule has 0 rings (SSSR count). The largest absolute Gasteiger partial charge is 0.480 e. The minimum absolute atomic E-state index is 0.0124. The SMILES string of the molecule is C=CCOC(=O)NC(CS)C(=O)O. The average Bonchev–Trinajstić information content (AvgIpc) is 2.10. The summed E-state index contributed by atoms with van der Waals surface area (Å²) in [6.07, 6.45) is 0.595. The highest BCUT2D eigenvalue weighted by atomic mass is 32.1. The Kier molecular flexibility index (Phi) is 5.79. The predicted molar refractivity (Wildman–Crippen MR) is 50.0 cm³/mol. The molecule has 5 nitrogen and oxygen atoms in total. The summed E-state index contributed by atoms with van der Waals surface area (Å²) in [6, 6.07) is -1.03. The van der Waals surface area contributed by atoms with Gasteiger partial charge in [0.2, 0.25) is 0 Å². The Morgan fingerprint density at radius 1 is 1.69 bits per heavy atom. The quantitative estimate of drug-likeness (QED) is 0.445. The molecular weight excluding hydrogens is 194 g/mol. The van der Waals surface area contributed by atoms with E-state index in [1.165, 1.54) is 6.08 Å². The fourth-order valence-corrected chi connectivity index (χ4v) is 0.751. The second kappa shape index (κ2) is 6.36. The van der Waals surface area contributed by atoms with E-state index in [0.29, 0.717) is 0 Å². The lowest BCUT2D eigenvalue weighted by atomic mass is 10.3. The second-order valence-electron chi connectivity index (χ2n) is 2.10. The minimum atomic E-state index is -1.15. The number of rotatable bonds is 5. The molecule has 0 aromatic heterocycles. The van der Waals surface area contributed by atoms with Gasteiger partial charge in [0.25, 0.3) is 0 Å². The molecule has 1 unspecified atom stereocenters. The zero-order valence-electron chi connectivity index (χ0n) is 6.90. The Hall–Kier alpha value is -1.17. The number of carboxylic acid groups (broad SMARTS) is 1. The van der Waals surface area contributed by atoms with E-state index in [1.807, 2.05) is 0 Å². The van der Waals surface area contributed by atoms with Gasteiger partial charge < -0.3 is 15.2 Å². The van der Waals surface area contributed by atoms with E-state index >= 15 is 0 Å². The fraction of sp³-hybridized carbons (Fsp3) is 0.429. The summed E-state index contributed by atoms with van der Waals surface area (Å²) >= 11 is 3.75. The molecule has 0 radical (unpaired) electrons. The third-order valence-electron chi connectivity index (χ3n) is 1.11. The molecule has 0 aliphatic rings. The van der Waals surface area contributed by atoms with Gasteiger partial charge in [-0.2, -0.15) is 12.6 Å². The first-order valence-corrected chi connectivity index (χ1v) is 4.13. The molecule has 0 bridgehead atoms. The van der Waals surface area contributed by atoms with Crippen LogP contribution in [0.4, 0.5) is 4.79 Å². The van der Waals surface area contributed by atoms with Crippen molar-refractivity contribution in [1.82, 2.24) is 5.32 Å². The number of hydrogen-bond acceptors (Lipinski definition) is 4. The van der Waals surface area contributed by atoms with Gasteiger partial charge >= 0.3 is 12.1 Å². The summed E-state index contributed by atoms with van der Waals surface area (Å²) in [6.45, 7) is 3.38. The van der Waals surface area contributed by atoms with Crippen LogP contribution in [0.25, 0.3) is 0 Å². The van der Waals surface area contributed by atoms with Crippen LogP contribution in [0.2, 0.25) is 0 Å². The predicted octanol–water partition coefficient (Wildman–Crippen LogP) is 0.282. The molecule has 0 spiro atoms. The van der Waals surface area contributed by atoms with Crippen LogP contribution in [0.15, 0.2) is 12.7 Å². The Bertz CT molecular complexity index is 207. The summed E-state index contributed by atoms with van der Waals surface area (Å²) in [5.74, 6) is -1.14. The van der Waals surface area contributed by atoms with Crippen molar-refractivity contribution in [1.29, 1.82) is 0 Å². The monoisotopic (exact) mass is 205 g/mol. The normalized spacial score (nSPS) is 11.5. The molecule has 0 aliphatic heterocycles. The van der Waals surface area contributed by atoms with Crippen LogP contribution in [-0.2, 0) is 9.53 Å². The van der Waals surface area contributed by atoms with E-state index in [0.717, 1.165) is 0 Å². The summed E-state index contributed by atoms with van der Waals surface area (Å²) in [4.78, 5) is 21.2. The second-order valence-corrected chi connectivity index (χ2v) is 2.47. The average molecular weight is 205 g/mol. The molecule has 0 saturated heterocycles. The molecule has 1 amide bonds. The van der Waals surface area contributed by atoms with Gasteiger partial charge in [0.05, 0.1) is 0 Å². The number of carbonyl (C=O) groups is 2. The fourth-order valence-electron chi connectivity index (χ4n) is 0.504. The number of hydrogen-bond donors (Lipinski definition) is 3. The highest BCUT2D eigenvalue weighted by molar-refractivity contribution is 7.80. The Balaban J connectivity index is 3.86.